The number of benzene rings is 1. The molecule has 0 unspecified atom stereocenters. The summed E-state index contributed by atoms with van der Waals surface area (Å²) in [6.45, 7) is 6.15. The lowest BCUT2D eigenvalue weighted by Gasteiger charge is -2.11. The second kappa shape index (κ2) is 5.54. The molecule has 0 aliphatic carbocycles. The van der Waals surface area contributed by atoms with E-state index in [1.807, 2.05) is 31.2 Å². The van der Waals surface area contributed by atoms with E-state index in [0.29, 0.717) is 18.1 Å². The van der Waals surface area contributed by atoms with E-state index in [1.54, 1.807) is 0 Å². The topological polar surface area (TPSA) is 26.3 Å². The molecule has 0 amide bonds. The Bertz CT molecular complexity index is 329. The Kier molecular flexibility index (Phi) is 4.35. The first-order chi connectivity index (χ1) is 7.15. The molecule has 1 rings (SSSR count). The van der Waals surface area contributed by atoms with Gasteiger partial charge in [-0.1, -0.05) is 39.0 Å². The molecule has 0 bridgehead atoms. The Morgan fingerprint density at radius 1 is 1.33 bits per heavy atom. The van der Waals surface area contributed by atoms with Gasteiger partial charge < -0.3 is 4.74 Å². The zero-order valence-corrected chi connectivity index (χ0v) is 9.62. The fourth-order valence-corrected chi connectivity index (χ4v) is 1.43. The molecule has 0 aliphatic rings. The van der Waals surface area contributed by atoms with Crippen LogP contribution in [0.5, 0.6) is 5.75 Å². The summed E-state index contributed by atoms with van der Waals surface area (Å²) in [5.41, 5.74) is 1.09. The first-order valence-electron chi connectivity index (χ1n) is 5.44. The summed E-state index contributed by atoms with van der Waals surface area (Å²) in [6.07, 6.45) is 1.30. The highest BCUT2D eigenvalue weighted by Gasteiger charge is 2.10. The average Bonchev–Trinajstić information content (AvgIpc) is 2.18. The molecule has 0 saturated heterocycles. The third-order valence-electron chi connectivity index (χ3n) is 2.22. The fraction of sp³-hybridized carbons (Fsp3) is 0.462. The highest BCUT2D eigenvalue weighted by molar-refractivity contribution is 5.72. The minimum Gasteiger partial charge on any atom is -0.426 e. The van der Waals surface area contributed by atoms with E-state index in [1.165, 1.54) is 0 Å². The van der Waals surface area contributed by atoms with Crippen LogP contribution in [-0.4, -0.2) is 5.97 Å². The quantitative estimate of drug-likeness (QED) is 0.556. The van der Waals surface area contributed by atoms with Crippen LogP contribution in [0, 0.1) is 0 Å². The lowest BCUT2D eigenvalue weighted by Crippen LogP contribution is -2.08. The van der Waals surface area contributed by atoms with E-state index in [-0.39, 0.29) is 5.97 Å². The van der Waals surface area contributed by atoms with Crippen molar-refractivity contribution < 1.29 is 9.53 Å². The molecule has 0 atom stereocenters. The number of rotatable bonds is 4. The van der Waals surface area contributed by atoms with Gasteiger partial charge in [0.05, 0.1) is 0 Å². The van der Waals surface area contributed by atoms with Gasteiger partial charge in [0.1, 0.15) is 5.75 Å². The molecule has 0 N–H and O–H groups in total. The predicted molar refractivity (Wildman–Crippen MR) is 61.1 cm³/mol. The molecule has 2 nitrogen and oxygen atoms in total. The summed E-state index contributed by atoms with van der Waals surface area (Å²) in [6, 6.07) is 7.70. The molecule has 0 radical (unpaired) electrons. The minimum atomic E-state index is -0.148. The van der Waals surface area contributed by atoms with Gasteiger partial charge in [-0.25, -0.2) is 0 Å². The Morgan fingerprint density at radius 2 is 2.00 bits per heavy atom. The predicted octanol–water partition coefficient (Wildman–Crippen LogP) is 3.52. The summed E-state index contributed by atoms with van der Waals surface area (Å²) in [5, 5.41) is 0. The van der Waals surface area contributed by atoms with E-state index in [2.05, 4.69) is 13.8 Å². The molecule has 0 heterocycles. The summed E-state index contributed by atoms with van der Waals surface area (Å²) in [5.74, 6) is 0.923. The van der Waals surface area contributed by atoms with Crippen molar-refractivity contribution in [3.05, 3.63) is 29.8 Å². The summed E-state index contributed by atoms with van der Waals surface area (Å²) < 4.78 is 5.31. The zero-order chi connectivity index (χ0) is 11.3. The van der Waals surface area contributed by atoms with Crippen molar-refractivity contribution in [1.29, 1.82) is 0 Å². The van der Waals surface area contributed by atoms with Gasteiger partial charge >= 0.3 is 5.97 Å². The molecule has 15 heavy (non-hydrogen) atoms. The molecule has 0 saturated carbocycles. The average molecular weight is 206 g/mol. The second-order valence-corrected chi connectivity index (χ2v) is 3.92. The fourth-order valence-electron chi connectivity index (χ4n) is 1.43. The maximum atomic E-state index is 11.4. The highest BCUT2D eigenvalue weighted by atomic mass is 16.5. The van der Waals surface area contributed by atoms with Gasteiger partial charge in [-0.3, -0.25) is 4.79 Å². The summed E-state index contributed by atoms with van der Waals surface area (Å²) in [7, 11) is 0. The standard InChI is InChI=1S/C13H18O2/c1-4-7-13(14)15-12-9-6-5-8-11(12)10(2)3/h5-6,8-10H,4,7H2,1-3H3. The molecular formula is C13H18O2. The Labute approximate surface area is 91.3 Å². The largest absolute Gasteiger partial charge is 0.426 e. The van der Waals surface area contributed by atoms with Crippen molar-refractivity contribution >= 4 is 5.97 Å². The van der Waals surface area contributed by atoms with Crippen molar-refractivity contribution in [2.45, 2.75) is 39.5 Å². The van der Waals surface area contributed by atoms with E-state index in [0.717, 1.165) is 12.0 Å². The molecule has 0 aliphatic heterocycles. The van der Waals surface area contributed by atoms with E-state index < -0.39 is 0 Å². The highest BCUT2D eigenvalue weighted by Crippen LogP contribution is 2.26. The van der Waals surface area contributed by atoms with Gasteiger partial charge in [-0.15, -0.1) is 0 Å². The summed E-state index contributed by atoms with van der Waals surface area (Å²) in [4.78, 5) is 11.4. The normalized spacial score (nSPS) is 10.4. The minimum absolute atomic E-state index is 0.148. The van der Waals surface area contributed by atoms with Crippen molar-refractivity contribution in [3.63, 3.8) is 0 Å². The van der Waals surface area contributed by atoms with Gasteiger partial charge in [0, 0.05) is 6.42 Å². The van der Waals surface area contributed by atoms with Gasteiger partial charge in [-0.2, -0.15) is 0 Å². The maximum Gasteiger partial charge on any atom is 0.311 e. The number of para-hydroxylation sites is 1. The molecule has 2 heteroatoms. The van der Waals surface area contributed by atoms with Crippen LogP contribution in [0.3, 0.4) is 0 Å². The van der Waals surface area contributed by atoms with Crippen LogP contribution in [0.15, 0.2) is 24.3 Å². The first kappa shape index (κ1) is 11.8. The monoisotopic (exact) mass is 206 g/mol. The summed E-state index contributed by atoms with van der Waals surface area (Å²) >= 11 is 0. The third kappa shape index (κ3) is 3.39. The van der Waals surface area contributed by atoms with Crippen LogP contribution >= 0.6 is 0 Å². The molecular weight excluding hydrogens is 188 g/mol. The second-order valence-electron chi connectivity index (χ2n) is 3.92. The molecule has 1 aromatic rings. The molecule has 0 fully saturated rings. The van der Waals surface area contributed by atoms with Crippen LogP contribution in [0.2, 0.25) is 0 Å². The number of ether oxygens (including phenoxy) is 1. The number of esters is 1. The molecule has 82 valence electrons. The zero-order valence-electron chi connectivity index (χ0n) is 9.62. The third-order valence-corrected chi connectivity index (χ3v) is 2.22. The SMILES string of the molecule is CCCC(=O)Oc1ccccc1C(C)C. The Morgan fingerprint density at radius 3 is 2.60 bits per heavy atom. The van der Waals surface area contributed by atoms with Crippen LogP contribution in [-0.2, 0) is 4.79 Å². The first-order valence-corrected chi connectivity index (χ1v) is 5.44. The van der Waals surface area contributed by atoms with E-state index in [4.69, 9.17) is 4.74 Å². The van der Waals surface area contributed by atoms with Crippen LogP contribution in [0.25, 0.3) is 0 Å². The van der Waals surface area contributed by atoms with Crippen molar-refractivity contribution in [2.75, 3.05) is 0 Å². The van der Waals surface area contributed by atoms with Gasteiger partial charge in [0.2, 0.25) is 0 Å². The lowest BCUT2D eigenvalue weighted by atomic mass is 10.0. The van der Waals surface area contributed by atoms with Crippen LogP contribution in [0.1, 0.15) is 45.1 Å². The molecule has 0 spiro atoms. The Hall–Kier alpha value is -1.31. The van der Waals surface area contributed by atoms with Crippen molar-refractivity contribution in [3.8, 4) is 5.75 Å². The van der Waals surface area contributed by atoms with Gasteiger partial charge in [-0.05, 0) is 24.0 Å². The van der Waals surface area contributed by atoms with Crippen molar-refractivity contribution in [2.24, 2.45) is 0 Å². The molecule has 1 aromatic carbocycles. The number of carbonyl (C=O) groups excluding carboxylic acids is 1. The number of carbonyl (C=O) groups is 1. The van der Waals surface area contributed by atoms with E-state index in [9.17, 15) is 4.79 Å². The number of hydrogen-bond acceptors (Lipinski definition) is 2. The van der Waals surface area contributed by atoms with Crippen LogP contribution in [0.4, 0.5) is 0 Å². The van der Waals surface area contributed by atoms with Gasteiger partial charge in [0.15, 0.2) is 0 Å². The molecule has 0 aromatic heterocycles. The number of hydrogen-bond donors (Lipinski definition) is 0. The Balaban J connectivity index is 2.80. The maximum absolute atomic E-state index is 11.4. The lowest BCUT2D eigenvalue weighted by molar-refractivity contribution is -0.134. The van der Waals surface area contributed by atoms with Gasteiger partial charge in [0.25, 0.3) is 0 Å². The van der Waals surface area contributed by atoms with Crippen molar-refractivity contribution in [1.82, 2.24) is 0 Å². The van der Waals surface area contributed by atoms with Crippen LogP contribution < -0.4 is 4.74 Å². The smallest absolute Gasteiger partial charge is 0.311 e. The van der Waals surface area contributed by atoms with E-state index >= 15 is 0 Å².